The molecule has 0 aliphatic carbocycles. The lowest BCUT2D eigenvalue weighted by Gasteiger charge is -2.25. The highest BCUT2D eigenvalue weighted by Crippen LogP contribution is 2.19. The minimum atomic E-state index is -1.09. The van der Waals surface area contributed by atoms with E-state index in [1.54, 1.807) is 0 Å². The molecular formula is C15H19ClFN3O4. The fourth-order valence-electron chi connectivity index (χ4n) is 1.90. The van der Waals surface area contributed by atoms with Crippen LogP contribution < -0.4 is 10.6 Å². The number of amides is 2. The number of hydrogen-bond donors (Lipinski definition) is 3. The second kappa shape index (κ2) is 9.19. The molecule has 0 bridgehead atoms. The number of aliphatic carboxylic acids is 1. The number of halogens is 2. The first-order chi connectivity index (χ1) is 11.2. The molecule has 1 rings (SSSR count). The molecule has 1 atom stereocenters. The Labute approximate surface area is 143 Å². The van der Waals surface area contributed by atoms with Crippen LogP contribution in [0.5, 0.6) is 0 Å². The van der Waals surface area contributed by atoms with E-state index in [2.05, 4.69) is 10.6 Å². The number of carboxylic acid groups (broad SMARTS) is 1. The van der Waals surface area contributed by atoms with Crippen LogP contribution >= 0.6 is 11.6 Å². The van der Waals surface area contributed by atoms with Crippen molar-refractivity contribution >= 4 is 35.1 Å². The van der Waals surface area contributed by atoms with Crippen LogP contribution in [0.4, 0.5) is 10.1 Å². The molecule has 3 N–H and O–H groups in total. The van der Waals surface area contributed by atoms with Gasteiger partial charge in [0.1, 0.15) is 11.9 Å². The van der Waals surface area contributed by atoms with Crippen LogP contribution in [0.25, 0.3) is 0 Å². The van der Waals surface area contributed by atoms with Crippen molar-refractivity contribution in [3.8, 4) is 0 Å². The van der Waals surface area contributed by atoms with Gasteiger partial charge in [0.15, 0.2) is 0 Å². The summed E-state index contributed by atoms with van der Waals surface area (Å²) in [7, 11) is 0. The Hall–Kier alpha value is -2.19. The van der Waals surface area contributed by atoms with Crippen LogP contribution in [-0.2, 0) is 14.4 Å². The molecule has 7 nitrogen and oxygen atoms in total. The maximum absolute atomic E-state index is 13.1. The van der Waals surface area contributed by atoms with Crippen molar-refractivity contribution in [3.05, 3.63) is 29.0 Å². The summed E-state index contributed by atoms with van der Waals surface area (Å²) in [4.78, 5) is 35.5. The molecule has 1 aromatic carbocycles. The molecule has 0 aliphatic heterocycles. The minimum absolute atomic E-state index is 0.130. The third-order valence-electron chi connectivity index (χ3n) is 3.23. The second-order valence-electron chi connectivity index (χ2n) is 5.14. The fourth-order valence-corrected chi connectivity index (χ4v) is 2.08. The van der Waals surface area contributed by atoms with Crippen LogP contribution in [0.2, 0.25) is 5.02 Å². The maximum Gasteiger partial charge on any atom is 0.320 e. The van der Waals surface area contributed by atoms with E-state index < -0.39 is 23.7 Å². The third-order valence-corrected chi connectivity index (χ3v) is 3.52. The minimum Gasteiger partial charge on any atom is -0.480 e. The monoisotopic (exact) mass is 359 g/mol. The van der Waals surface area contributed by atoms with E-state index in [-0.39, 0.29) is 30.6 Å². The molecule has 24 heavy (non-hydrogen) atoms. The predicted octanol–water partition coefficient (Wildman–Crippen LogP) is 1.33. The molecule has 0 aliphatic rings. The quantitative estimate of drug-likeness (QED) is 0.650. The van der Waals surface area contributed by atoms with E-state index in [1.165, 1.54) is 30.9 Å². The van der Waals surface area contributed by atoms with Crippen LogP contribution in [0.1, 0.15) is 13.8 Å². The Morgan fingerprint density at radius 1 is 1.38 bits per heavy atom. The Bertz CT molecular complexity index is 627. The summed E-state index contributed by atoms with van der Waals surface area (Å²) in [5, 5.41) is 14.0. The molecule has 132 valence electrons. The summed E-state index contributed by atoms with van der Waals surface area (Å²) in [6.07, 6.45) is 0. The van der Waals surface area contributed by atoms with Gasteiger partial charge in [-0.05, 0) is 25.1 Å². The molecule has 0 fully saturated rings. The average Bonchev–Trinajstić information content (AvgIpc) is 2.48. The van der Waals surface area contributed by atoms with Crippen molar-refractivity contribution in [2.24, 2.45) is 0 Å². The summed E-state index contributed by atoms with van der Waals surface area (Å²) in [5.74, 6) is -2.42. The highest BCUT2D eigenvalue weighted by atomic mass is 35.5. The van der Waals surface area contributed by atoms with Crippen molar-refractivity contribution in [1.82, 2.24) is 10.2 Å². The number of carbonyl (C=O) groups excluding carboxylic acids is 2. The van der Waals surface area contributed by atoms with E-state index in [1.807, 2.05) is 0 Å². The van der Waals surface area contributed by atoms with Gasteiger partial charge in [-0.1, -0.05) is 11.6 Å². The van der Waals surface area contributed by atoms with Crippen molar-refractivity contribution in [2.45, 2.75) is 19.9 Å². The van der Waals surface area contributed by atoms with Gasteiger partial charge in [-0.2, -0.15) is 0 Å². The van der Waals surface area contributed by atoms with E-state index in [0.29, 0.717) is 5.69 Å². The summed E-state index contributed by atoms with van der Waals surface area (Å²) in [6, 6.07) is 2.81. The molecule has 0 spiro atoms. The normalized spacial score (nSPS) is 11.9. The first-order valence-electron chi connectivity index (χ1n) is 7.17. The molecule has 1 unspecified atom stereocenters. The number of benzene rings is 1. The van der Waals surface area contributed by atoms with Gasteiger partial charge in [0.2, 0.25) is 11.8 Å². The molecule has 0 saturated heterocycles. The molecule has 0 aromatic heterocycles. The van der Waals surface area contributed by atoms with Gasteiger partial charge >= 0.3 is 5.97 Å². The zero-order valence-electron chi connectivity index (χ0n) is 13.3. The summed E-state index contributed by atoms with van der Waals surface area (Å²) in [5.41, 5.74) is 0.302. The number of nitrogens with zero attached hydrogens (tertiary/aromatic N) is 1. The van der Waals surface area contributed by atoms with Crippen LogP contribution in [0.3, 0.4) is 0 Å². The topological polar surface area (TPSA) is 98.7 Å². The highest BCUT2D eigenvalue weighted by Gasteiger charge is 2.22. The molecule has 9 heteroatoms. The van der Waals surface area contributed by atoms with E-state index in [4.69, 9.17) is 16.7 Å². The third kappa shape index (κ3) is 6.51. The van der Waals surface area contributed by atoms with Gasteiger partial charge in [-0.25, -0.2) is 4.39 Å². The maximum atomic E-state index is 13.1. The Kier molecular flexibility index (Phi) is 7.60. The van der Waals surface area contributed by atoms with Crippen LogP contribution in [-0.4, -0.2) is 53.5 Å². The lowest BCUT2D eigenvalue weighted by molar-refractivity contribution is -0.142. The number of anilines is 1. The van der Waals surface area contributed by atoms with Crippen molar-refractivity contribution in [1.29, 1.82) is 0 Å². The zero-order chi connectivity index (χ0) is 18.3. The lowest BCUT2D eigenvalue weighted by Crippen LogP contribution is -2.46. The molecule has 0 heterocycles. The molecule has 0 radical (unpaired) electrons. The molecular weight excluding hydrogens is 341 g/mol. The Morgan fingerprint density at radius 2 is 2.04 bits per heavy atom. The first kappa shape index (κ1) is 19.9. The standard InChI is InChI=1S/C15H19ClFN3O4/c1-9(15(23)24)20(6-5-18-10(2)21)8-14(22)19-11-3-4-13(17)12(16)7-11/h3-4,7,9H,5-6,8H2,1-2H3,(H,18,21)(H,19,22)(H,23,24). The first-order valence-corrected chi connectivity index (χ1v) is 7.54. The number of nitrogens with one attached hydrogen (secondary N) is 2. The number of carbonyl (C=O) groups is 3. The second-order valence-corrected chi connectivity index (χ2v) is 5.55. The molecule has 1 aromatic rings. The van der Waals surface area contributed by atoms with Crippen LogP contribution in [0, 0.1) is 5.82 Å². The van der Waals surface area contributed by atoms with E-state index in [9.17, 15) is 18.8 Å². The number of rotatable bonds is 8. The predicted molar refractivity (Wildman–Crippen MR) is 87.4 cm³/mol. The van der Waals surface area contributed by atoms with Crippen molar-refractivity contribution < 1.29 is 23.9 Å². The van der Waals surface area contributed by atoms with Crippen molar-refractivity contribution in [2.75, 3.05) is 25.0 Å². The average molecular weight is 360 g/mol. The Morgan fingerprint density at radius 3 is 2.58 bits per heavy atom. The number of carboxylic acids is 1. The fraction of sp³-hybridized carbons (Fsp3) is 0.400. The van der Waals surface area contributed by atoms with Gasteiger partial charge in [-0.3, -0.25) is 19.3 Å². The summed E-state index contributed by atoms with van der Waals surface area (Å²) >= 11 is 5.64. The number of hydrogen-bond acceptors (Lipinski definition) is 4. The van der Waals surface area contributed by atoms with Crippen molar-refractivity contribution in [3.63, 3.8) is 0 Å². The lowest BCUT2D eigenvalue weighted by atomic mass is 10.2. The summed E-state index contributed by atoms with van der Waals surface area (Å²) < 4.78 is 13.1. The van der Waals surface area contributed by atoms with Gasteiger partial charge in [0.05, 0.1) is 11.6 Å². The zero-order valence-corrected chi connectivity index (χ0v) is 14.1. The highest BCUT2D eigenvalue weighted by molar-refractivity contribution is 6.31. The SMILES string of the molecule is CC(=O)NCCN(CC(=O)Nc1ccc(F)c(Cl)c1)C(C)C(=O)O. The Balaban J connectivity index is 2.69. The largest absolute Gasteiger partial charge is 0.480 e. The summed E-state index contributed by atoms with van der Waals surface area (Å²) in [6.45, 7) is 2.98. The molecule has 2 amide bonds. The smallest absolute Gasteiger partial charge is 0.320 e. The van der Waals surface area contributed by atoms with Gasteiger partial charge in [0, 0.05) is 25.7 Å². The van der Waals surface area contributed by atoms with Gasteiger partial charge < -0.3 is 15.7 Å². The van der Waals surface area contributed by atoms with E-state index >= 15 is 0 Å². The molecule has 0 saturated carbocycles. The van der Waals surface area contributed by atoms with Gasteiger partial charge in [0.25, 0.3) is 0 Å². The van der Waals surface area contributed by atoms with Crippen LogP contribution in [0.15, 0.2) is 18.2 Å². The van der Waals surface area contributed by atoms with E-state index in [0.717, 1.165) is 6.07 Å². The van der Waals surface area contributed by atoms with Gasteiger partial charge in [-0.15, -0.1) is 0 Å².